The second-order valence-electron chi connectivity index (χ2n) is 3.48. The third kappa shape index (κ3) is 3.47. The van der Waals surface area contributed by atoms with E-state index in [1.165, 1.54) is 0 Å². The van der Waals surface area contributed by atoms with Gasteiger partial charge in [0.15, 0.2) is 5.78 Å². The van der Waals surface area contributed by atoms with Crippen LogP contribution < -0.4 is 5.73 Å². The Morgan fingerprint density at radius 2 is 2.13 bits per heavy atom. The molecule has 15 heavy (non-hydrogen) atoms. The average Bonchev–Trinajstić information content (AvgIpc) is 2.16. The number of nitrogens with two attached hydrogens (primary N) is 1. The maximum Gasteiger partial charge on any atom is 0.163 e. The number of nitrogen functional groups attached to an aromatic ring is 1. The molecule has 0 heterocycles. The van der Waals surface area contributed by atoms with E-state index in [4.69, 9.17) is 5.73 Å². The Morgan fingerprint density at radius 3 is 2.73 bits per heavy atom. The lowest BCUT2D eigenvalue weighted by Gasteiger charge is -2.02. The van der Waals surface area contributed by atoms with Crippen LogP contribution >= 0.6 is 0 Å². The minimum Gasteiger partial charge on any atom is -0.399 e. The molecule has 2 N–H and O–H groups in total. The van der Waals surface area contributed by atoms with E-state index in [-0.39, 0.29) is 5.78 Å². The fourth-order valence-corrected chi connectivity index (χ4v) is 1.42. The molecule has 0 unspecified atom stereocenters. The highest BCUT2D eigenvalue weighted by Crippen LogP contribution is 2.13. The molecule has 0 saturated heterocycles. The number of anilines is 1. The van der Waals surface area contributed by atoms with Crippen LogP contribution in [0, 0.1) is 18.8 Å². The SMILES string of the molecule is CC#CCCC(=O)c1cc(C)cc(N)c1. The minimum absolute atomic E-state index is 0.105. The van der Waals surface area contributed by atoms with Gasteiger partial charge in [0.2, 0.25) is 0 Å². The molecule has 0 aliphatic rings. The zero-order chi connectivity index (χ0) is 11.3. The van der Waals surface area contributed by atoms with Crippen LogP contribution in [0.5, 0.6) is 0 Å². The molecule has 0 aromatic heterocycles. The molecular weight excluding hydrogens is 186 g/mol. The molecule has 0 amide bonds. The maximum atomic E-state index is 11.7. The number of ketones is 1. The Labute approximate surface area is 90.5 Å². The molecule has 0 radical (unpaired) electrons. The van der Waals surface area contributed by atoms with Gasteiger partial charge >= 0.3 is 0 Å². The molecular formula is C13H15NO. The number of aryl methyl sites for hydroxylation is 1. The molecule has 0 spiro atoms. The third-order valence-corrected chi connectivity index (χ3v) is 2.08. The quantitative estimate of drug-likeness (QED) is 0.464. The fourth-order valence-electron chi connectivity index (χ4n) is 1.42. The molecule has 78 valence electrons. The van der Waals surface area contributed by atoms with Gasteiger partial charge in [-0.25, -0.2) is 0 Å². The Balaban J connectivity index is 2.76. The summed E-state index contributed by atoms with van der Waals surface area (Å²) in [7, 11) is 0. The van der Waals surface area contributed by atoms with Crippen LogP contribution in [0.1, 0.15) is 35.7 Å². The first-order valence-corrected chi connectivity index (χ1v) is 4.93. The van der Waals surface area contributed by atoms with Crippen LogP contribution in [-0.2, 0) is 0 Å². The standard InChI is InChI=1S/C13H15NO/c1-3-4-5-6-13(15)11-7-10(2)8-12(14)9-11/h7-9H,5-6,14H2,1-2H3. The first-order valence-electron chi connectivity index (χ1n) is 4.93. The molecule has 0 fully saturated rings. The summed E-state index contributed by atoms with van der Waals surface area (Å²) in [5, 5.41) is 0. The van der Waals surface area contributed by atoms with Crippen LogP contribution in [0.15, 0.2) is 18.2 Å². The number of carbonyl (C=O) groups excluding carboxylic acids is 1. The van der Waals surface area contributed by atoms with Crippen molar-refractivity contribution in [3.05, 3.63) is 29.3 Å². The summed E-state index contributed by atoms with van der Waals surface area (Å²) in [5.74, 6) is 5.75. The first-order chi connectivity index (χ1) is 7.13. The molecule has 0 atom stereocenters. The lowest BCUT2D eigenvalue weighted by molar-refractivity contribution is 0.0984. The summed E-state index contributed by atoms with van der Waals surface area (Å²) >= 11 is 0. The molecule has 1 aromatic rings. The van der Waals surface area contributed by atoms with Crippen molar-refractivity contribution < 1.29 is 4.79 Å². The molecule has 2 nitrogen and oxygen atoms in total. The topological polar surface area (TPSA) is 43.1 Å². The van der Waals surface area contributed by atoms with Gasteiger partial charge in [-0.05, 0) is 37.6 Å². The summed E-state index contributed by atoms with van der Waals surface area (Å²) < 4.78 is 0. The van der Waals surface area contributed by atoms with Gasteiger partial charge in [-0.2, -0.15) is 0 Å². The molecule has 1 rings (SSSR count). The van der Waals surface area contributed by atoms with Crippen LogP contribution in [0.4, 0.5) is 5.69 Å². The number of hydrogen-bond donors (Lipinski definition) is 1. The van der Waals surface area contributed by atoms with Crippen molar-refractivity contribution in [1.29, 1.82) is 0 Å². The molecule has 0 saturated carbocycles. The van der Waals surface area contributed by atoms with Crippen LogP contribution in [0.2, 0.25) is 0 Å². The van der Waals surface area contributed by atoms with Gasteiger partial charge in [0.25, 0.3) is 0 Å². The zero-order valence-corrected chi connectivity index (χ0v) is 9.13. The van der Waals surface area contributed by atoms with E-state index in [0.717, 1.165) is 5.56 Å². The van der Waals surface area contributed by atoms with Crippen LogP contribution in [0.25, 0.3) is 0 Å². The van der Waals surface area contributed by atoms with Crippen LogP contribution in [0.3, 0.4) is 0 Å². The van der Waals surface area contributed by atoms with E-state index < -0.39 is 0 Å². The van der Waals surface area contributed by atoms with Gasteiger partial charge in [-0.1, -0.05) is 0 Å². The second-order valence-corrected chi connectivity index (χ2v) is 3.48. The highest BCUT2D eigenvalue weighted by atomic mass is 16.1. The maximum absolute atomic E-state index is 11.7. The van der Waals surface area contributed by atoms with Crippen LogP contribution in [-0.4, -0.2) is 5.78 Å². The molecule has 2 heteroatoms. The van der Waals surface area contributed by atoms with E-state index in [2.05, 4.69) is 11.8 Å². The van der Waals surface area contributed by atoms with E-state index in [1.807, 2.05) is 19.1 Å². The van der Waals surface area contributed by atoms with E-state index in [9.17, 15) is 4.79 Å². The van der Waals surface area contributed by atoms with Gasteiger partial charge in [-0.3, -0.25) is 4.79 Å². The average molecular weight is 201 g/mol. The van der Waals surface area contributed by atoms with Gasteiger partial charge in [0, 0.05) is 24.1 Å². The molecule has 0 bridgehead atoms. The number of benzene rings is 1. The lowest BCUT2D eigenvalue weighted by atomic mass is 10.0. The zero-order valence-electron chi connectivity index (χ0n) is 9.13. The summed E-state index contributed by atoms with van der Waals surface area (Å²) in [6, 6.07) is 5.43. The Hall–Kier alpha value is -1.75. The normalized spacial score (nSPS) is 9.20. The highest BCUT2D eigenvalue weighted by Gasteiger charge is 2.05. The van der Waals surface area contributed by atoms with Crippen molar-refractivity contribution in [3.63, 3.8) is 0 Å². The largest absolute Gasteiger partial charge is 0.399 e. The third-order valence-electron chi connectivity index (χ3n) is 2.08. The minimum atomic E-state index is 0.105. The van der Waals surface area contributed by atoms with Crippen molar-refractivity contribution in [2.75, 3.05) is 5.73 Å². The fraction of sp³-hybridized carbons (Fsp3) is 0.308. The molecule has 0 aliphatic carbocycles. The Kier molecular flexibility index (Phi) is 3.93. The predicted octanol–water partition coefficient (Wildman–Crippen LogP) is 2.56. The van der Waals surface area contributed by atoms with E-state index in [1.54, 1.807) is 13.0 Å². The van der Waals surface area contributed by atoms with Gasteiger partial charge < -0.3 is 5.73 Å². The second kappa shape index (κ2) is 5.21. The first kappa shape index (κ1) is 11.3. The molecule has 0 aliphatic heterocycles. The summed E-state index contributed by atoms with van der Waals surface area (Å²) in [6.45, 7) is 3.70. The van der Waals surface area contributed by atoms with E-state index >= 15 is 0 Å². The van der Waals surface area contributed by atoms with Crippen molar-refractivity contribution in [2.45, 2.75) is 26.7 Å². The number of rotatable bonds is 3. The summed E-state index contributed by atoms with van der Waals surface area (Å²) in [5.41, 5.74) is 8.01. The van der Waals surface area contributed by atoms with Crippen molar-refractivity contribution in [1.82, 2.24) is 0 Å². The van der Waals surface area contributed by atoms with Crippen molar-refractivity contribution in [3.8, 4) is 11.8 Å². The number of hydrogen-bond acceptors (Lipinski definition) is 2. The molecule has 1 aromatic carbocycles. The Morgan fingerprint density at radius 1 is 1.40 bits per heavy atom. The van der Waals surface area contributed by atoms with E-state index in [0.29, 0.717) is 24.1 Å². The summed E-state index contributed by atoms with van der Waals surface area (Å²) in [6.07, 6.45) is 1.08. The van der Waals surface area contributed by atoms with Crippen molar-refractivity contribution >= 4 is 11.5 Å². The monoisotopic (exact) mass is 201 g/mol. The van der Waals surface area contributed by atoms with Crippen molar-refractivity contribution in [2.24, 2.45) is 0 Å². The predicted molar refractivity (Wildman–Crippen MR) is 62.6 cm³/mol. The summed E-state index contributed by atoms with van der Waals surface area (Å²) in [4.78, 5) is 11.7. The number of carbonyl (C=O) groups is 1. The van der Waals surface area contributed by atoms with Gasteiger partial charge in [0.1, 0.15) is 0 Å². The Bertz CT molecular complexity index is 404. The van der Waals surface area contributed by atoms with Gasteiger partial charge in [0.05, 0.1) is 0 Å². The highest BCUT2D eigenvalue weighted by molar-refractivity contribution is 5.97. The lowest BCUT2D eigenvalue weighted by Crippen LogP contribution is -2.00. The van der Waals surface area contributed by atoms with Gasteiger partial charge in [-0.15, -0.1) is 11.8 Å². The number of Topliss-reactive ketones (excluding diaryl/α,β-unsaturated/α-hetero) is 1. The smallest absolute Gasteiger partial charge is 0.163 e.